The predicted molar refractivity (Wildman–Crippen MR) is 96.1 cm³/mol. The number of aromatic nitrogens is 3. The van der Waals surface area contributed by atoms with E-state index < -0.39 is 10.0 Å². The van der Waals surface area contributed by atoms with Crippen molar-refractivity contribution in [2.45, 2.75) is 69.7 Å². The van der Waals surface area contributed by atoms with Crippen LogP contribution in [0.5, 0.6) is 0 Å². The van der Waals surface area contributed by atoms with E-state index in [1.165, 1.54) is 24.2 Å². The van der Waals surface area contributed by atoms with Crippen LogP contribution in [-0.2, 0) is 15.4 Å². The Kier molecular flexibility index (Phi) is 4.46. The second-order valence-corrected chi connectivity index (χ2v) is 9.92. The van der Waals surface area contributed by atoms with Crippen LogP contribution in [0.4, 0.5) is 5.13 Å². The van der Waals surface area contributed by atoms with Crippen molar-refractivity contribution >= 4 is 26.5 Å². The molecule has 3 rings (SSSR count). The molecule has 2 aromatic rings. The SMILES string of the molecule is Cc1csc(NS(=O)(=O)c2cn(C3CCCC3)nc2C(C)(C)C)n1. The molecule has 1 fully saturated rings. The molecule has 24 heavy (non-hydrogen) atoms. The summed E-state index contributed by atoms with van der Waals surface area (Å²) in [4.78, 5) is 4.46. The van der Waals surface area contributed by atoms with Gasteiger partial charge in [-0.05, 0) is 19.8 Å². The van der Waals surface area contributed by atoms with Crippen LogP contribution in [0.2, 0.25) is 0 Å². The lowest BCUT2D eigenvalue weighted by Crippen LogP contribution is -2.20. The molecule has 1 aliphatic rings. The molecule has 0 bridgehead atoms. The van der Waals surface area contributed by atoms with Gasteiger partial charge in [-0.25, -0.2) is 13.4 Å². The number of nitrogens with one attached hydrogen (secondary N) is 1. The van der Waals surface area contributed by atoms with Gasteiger partial charge in [0.2, 0.25) is 0 Å². The molecule has 0 amide bonds. The monoisotopic (exact) mass is 368 g/mol. The van der Waals surface area contributed by atoms with Gasteiger partial charge in [0.15, 0.2) is 5.13 Å². The quantitative estimate of drug-likeness (QED) is 0.889. The Morgan fingerprint density at radius 2 is 1.96 bits per heavy atom. The number of aryl methyl sites for hydroxylation is 1. The molecule has 0 radical (unpaired) electrons. The normalized spacial score (nSPS) is 16.7. The Hall–Kier alpha value is -1.41. The third-order valence-corrected chi connectivity index (χ3v) is 6.58. The Morgan fingerprint density at radius 3 is 2.50 bits per heavy atom. The first kappa shape index (κ1) is 17.4. The molecule has 0 spiro atoms. The first-order valence-electron chi connectivity index (χ1n) is 8.21. The van der Waals surface area contributed by atoms with E-state index in [1.54, 1.807) is 6.20 Å². The summed E-state index contributed by atoms with van der Waals surface area (Å²) in [5, 5.41) is 6.87. The van der Waals surface area contributed by atoms with Crippen LogP contribution in [0, 0.1) is 6.92 Å². The van der Waals surface area contributed by atoms with Gasteiger partial charge in [0.05, 0.1) is 17.4 Å². The van der Waals surface area contributed by atoms with Gasteiger partial charge in [0.1, 0.15) is 4.90 Å². The summed E-state index contributed by atoms with van der Waals surface area (Å²) in [7, 11) is -3.71. The van der Waals surface area contributed by atoms with Gasteiger partial charge in [-0.3, -0.25) is 9.40 Å². The third-order valence-electron chi connectivity index (χ3n) is 4.24. The van der Waals surface area contributed by atoms with E-state index in [2.05, 4.69) is 14.8 Å². The Morgan fingerprint density at radius 1 is 1.29 bits per heavy atom. The van der Waals surface area contributed by atoms with Gasteiger partial charge in [0, 0.05) is 17.0 Å². The summed E-state index contributed by atoms with van der Waals surface area (Å²) in [6, 6.07) is 0.303. The molecule has 1 N–H and O–H groups in total. The van der Waals surface area contributed by atoms with Crippen LogP contribution >= 0.6 is 11.3 Å². The lowest BCUT2D eigenvalue weighted by atomic mass is 9.92. The van der Waals surface area contributed by atoms with Crippen molar-refractivity contribution in [1.29, 1.82) is 0 Å². The van der Waals surface area contributed by atoms with Crippen LogP contribution in [0.3, 0.4) is 0 Å². The summed E-state index contributed by atoms with van der Waals surface area (Å²) in [6.45, 7) is 7.80. The van der Waals surface area contributed by atoms with Crippen molar-refractivity contribution in [3.05, 3.63) is 23.0 Å². The second kappa shape index (κ2) is 6.15. The minimum absolute atomic E-state index is 0.259. The Bertz CT molecular complexity index is 825. The van der Waals surface area contributed by atoms with Gasteiger partial charge >= 0.3 is 0 Å². The minimum atomic E-state index is -3.71. The maximum absolute atomic E-state index is 12.9. The van der Waals surface area contributed by atoms with E-state index in [0.717, 1.165) is 18.5 Å². The van der Waals surface area contributed by atoms with E-state index in [0.29, 0.717) is 16.9 Å². The molecular formula is C16H24N4O2S2. The van der Waals surface area contributed by atoms with Crippen molar-refractivity contribution in [3.8, 4) is 0 Å². The van der Waals surface area contributed by atoms with E-state index in [1.807, 2.05) is 37.8 Å². The van der Waals surface area contributed by atoms with Crippen LogP contribution < -0.4 is 4.72 Å². The molecule has 0 unspecified atom stereocenters. The summed E-state index contributed by atoms with van der Waals surface area (Å²) >= 11 is 1.29. The average molecular weight is 369 g/mol. The molecule has 2 heterocycles. The largest absolute Gasteiger partial charge is 0.268 e. The lowest BCUT2D eigenvalue weighted by Gasteiger charge is -2.17. The Balaban J connectivity index is 2.01. The maximum atomic E-state index is 12.9. The van der Waals surface area contributed by atoms with Crippen LogP contribution in [0.15, 0.2) is 16.5 Å². The molecule has 0 aliphatic heterocycles. The second-order valence-electron chi connectivity index (χ2n) is 7.41. The molecule has 0 aromatic carbocycles. The van der Waals surface area contributed by atoms with E-state index in [-0.39, 0.29) is 10.3 Å². The van der Waals surface area contributed by atoms with Gasteiger partial charge in [-0.1, -0.05) is 33.6 Å². The van der Waals surface area contributed by atoms with Gasteiger partial charge < -0.3 is 0 Å². The highest BCUT2D eigenvalue weighted by Gasteiger charge is 2.32. The molecule has 8 heteroatoms. The van der Waals surface area contributed by atoms with Gasteiger partial charge in [-0.15, -0.1) is 11.3 Å². The number of hydrogen-bond donors (Lipinski definition) is 1. The van der Waals surface area contributed by atoms with Crippen LogP contribution in [-0.4, -0.2) is 23.2 Å². The molecule has 132 valence electrons. The summed E-state index contributed by atoms with van der Waals surface area (Å²) in [6.07, 6.45) is 6.16. The fraction of sp³-hybridized carbons (Fsp3) is 0.625. The summed E-state index contributed by atoms with van der Waals surface area (Å²) in [5.41, 5.74) is 1.05. The number of thiazole rings is 1. The molecular weight excluding hydrogens is 344 g/mol. The predicted octanol–water partition coefficient (Wildman–Crippen LogP) is 3.86. The van der Waals surface area contributed by atoms with Crippen molar-refractivity contribution in [2.24, 2.45) is 0 Å². The van der Waals surface area contributed by atoms with Gasteiger partial charge in [-0.2, -0.15) is 5.10 Å². The number of nitrogens with zero attached hydrogens (tertiary/aromatic N) is 3. The topological polar surface area (TPSA) is 76.9 Å². The number of anilines is 1. The zero-order chi connectivity index (χ0) is 17.5. The van der Waals surface area contributed by atoms with Crippen LogP contribution in [0.1, 0.15) is 63.9 Å². The van der Waals surface area contributed by atoms with Crippen molar-refractivity contribution in [2.75, 3.05) is 4.72 Å². The molecule has 6 nitrogen and oxygen atoms in total. The van der Waals surface area contributed by atoms with Crippen molar-refractivity contribution in [3.63, 3.8) is 0 Å². The molecule has 0 saturated heterocycles. The molecule has 1 saturated carbocycles. The first-order chi connectivity index (χ1) is 11.2. The molecule has 2 aromatic heterocycles. The average Bonchev–Trinajstić information content (AvgIpc) is 3.15. The highest BCUT2D eigenvalue weighted by Crippen LogP contribution is 2.34. The van der Waals surface area contributed by atoms with E-state index in [9.17, 15) is 8.42 Å². The van der Waals surface area contributed by atoms with E-state index >= 15 is 0 Å². The van der Waals surface area contributed by atoms with Gasteiger partial charge in [0.25, 0.3) is 10.0 Å². The zero-order valence-electron chi connectivity index (χ0n) is 14.5. The molecule has 0 atom stereocenters. The van der Waals surface area contributed by atoms with Crippen LogP contribution in [0.25, 0.3) is 0 Å². The Labute approximate surface area is 147 Å². The van der Waals surface area contributed by atoms with Crippen molar-refractivity contribution in [1.82, 2.24) is 14.8 Å². The maximum Gasteiger partial charge on any atom is 0.267 e. The third kappa shape index (κ3) is 3.49. The highest BCUT2D eigenvalue weighted by molar-refractivity contribution is 7.93. The fourth-order valence-corrected chi connectivity index (χ4v) is 5.30. The fourth-order valence-electron chi connectivity index (χ4n) is 3.02. The smallest absolute Gasteiger partial charge is 0.267 e. The number of rotatable bonds is 4. The molecule has 1 aliphatic carbocycles. The highest BCUT2D eigenvalue weighted by atomic mass is 32.2. The van der Waals surface area contributed by atoms with Crippen molar-refractivity contribution < 1.29 is 8.42 Å². The number of sulfonamides is 1. The minimum Gasteiger partial charge on any atom is -0.268 e. The summed E-state index contributed by atoms with van der Waals surface area (Å²) < 4.78 is 30.3. The first-order valence-corrected chi connectivity index (χ1v) is 10.6. The standard InChI is InChI=1S/C16H24N4O2S2/c1-11-10-23-15(17-11)19-24(21,22)13-9-20(12-7-5-6-8-12)18-14(13)16(2,3)4/h9-10,12H,5-8H2,1-4H3,(H,17,19). The zero-order valence-corrected chi connectivity index (χ0v) is 16.2. The summed E-state index contributed by atoms with van der Waals surface area (Å²) in [5.74, 6) is 0. The lowest BCUT2D eigenvalue weighted by molar-refractivity contribution is 0.448. The van der Waals surface area contributed by atoms with E-state index in [4.69, 9.17) is 0 Å². The number of hydrogen-bond acceptors (Lipinski definition) is 5.